The molecule has 2 fully saturated rings. The predicted molar refractivity (Wildman–Crippen MR) is 112 cm³/mol. The number of fused-ring (bicyclic) bond motifs is 1. The molecule has 0 bridgehead atoms. The number of carbonyl (C=O) groups is 1. The van der Waals surface area contributed by atoms with Crippen molar-refractivity contribution < 1.29 is 14.6 Å². The first-order valence-corrected chi connectivity index (χ1v) is 10.7. The van der Waals surface area contributed by atoms with Crippen LogP contribution in [0.1, 0.15) is 36.6 Å². The van der Waals surface area contributed by atoms with E-state index in [4.69, 9.17) is 9.72 Å². The minimum absolute atomic E-state index is 0.148. The molecule has 0 aromatic carbocycles. The van der Waals surface area contributed by atoms with Gasteiger partial charge >= 0.3 is 6.09 Å². The number of likely N-dealkylation sites (tertiary alicyclic amines) is 1. The molecule has 30 heavy (non-hydrogen) atoms. The monoisotopic (exact) mass is 414 g/mol. The summed E-state index contributed by atoms with van der Waals surface area (Å²) >= 11 is 0. The highest BCUT2D eigenvalue weighted by atomic mass is 16.5. The van der Waals surface area contributed by atoms with Gasteiger partial charge in [0.2, 0.25) is 5.88 Å². The summed E-state index contributed by atoms with van der Waals surface area (Å²) in [7, 11) is 2.10. The van der Waals surface area contributed by atoms with E-state index in [1.165, 1.54) is 4.90 Å². The SMILES string of the molecule is C[C@H]1CN(c2c(C#N)c(OC[C@@H]3CCCN3C)nc3c2CCNC3)CCN1C(=O)O. The number of nitrogens with one attached hydrogen (secondary N) is 1. The van der Waals surface area contributed by atoms with E-state index < -0.39 is 6.09 Å². The topological polar surface area (TPSA) is 105 Å². The standard InChI is InChI=1S/C21H30N6O3/c1-14-12-26(8-9-27(14)21(28)29)19-16-5-6-23-11-18(16)24-20(17(19)10-22)30-13-15-4-3-7-25(15)2/h14-15,23H,3-9,11-13H2,1-2H3,(H,28,29)/t14-,15-/m0/s1. The van der Waals surface area contributed by atoms with Crippen LogP contribution in [0, 0.1) is 11.3 Å². The Morgan fingerprint density at radius 1 is 1.40 bits per heavy atom. The van der Waals surface area contributed by atoms with Gasteiger partial charge in [0.1, 0.15) is 18.2 Å². The van der Waals surface area contributed by atoms with Crippen LogP contribution in [0.2, 0.25) is 0 Å². The van der Waals surface area contributed by atoms with Crippen molar-refractivity contribution in [1.82, 2.24) is 20.1 Å². The number of ether oxygens (including phenoxy) is 1. The Kier molecular flexibility index (Phi) is 5.97. The molecule has 0 unspecified atom stereocenters. The Balaban J connectivity index is 1.66. The molecule has 3 aliphatic rings. The van der Waals surface area contributed by atoms with Crippen LogP contribution >= 0.6 is 0 Å². The van der Waals surface area contributed by atoms with Crippen LogP contribution in [0.4, 0.5) is 10.5 Å². The van der Waals surface area contributed by atoms with E-state index in [-0.39, 0.29) is 6.04 Å². The quantitative estimate of drug-likeness (QED) is 0.759. The van der Waals surface area contributed by atoms with Gasteiger partial charge in [0.05, 0.1) is 11.4 Å². The minimum atomic E-state index is -0.895. The van der Waals surface area contributed by atoms with Crippen LogP contribution < -0.4 is 15.0 Å². The number of anilines is 1. The van der Waals surface area contributed by atoms with Gasteiger partial charge < -0.3 is 29.9 Å². The van der Waals surface area contributed by atoms with Gasteiger partial charge in [-0.2, -0.15) is 5.26 Å². The molecule has 0 radical (unpaired) electrons. The van der Waals surface area contributed by atoms with E-state index in [0.717, 1.165) is 49.3 Å². The lowest BCUT2D eigenvalue weighted by molar-refractivity contribution is 0.122. The van der Waals surface area contributed by atoms with Gasteiger partial charge in [-0.1, -0.05) is 0 Å². The van der Waals surface area contributed by atoms with E-state index in [1.54, 1.807) is 0 Å². The molecule has 0 spiro atoms. The van der Waals surface area contributed by atoms with Crippen LogP contribution in [-0.4, -0.2) is 84.4 Å². The van der Waals surface area contributed by atoms with Crippen molar-refractivity contribution in [2.45, 2.75) is 44.8 Å². The Morgan fingerprint density at radius 3 is 2.90 bits per heavy atom. The Bertz CT molecular complexity index is 854. The maximum absolute atomic E-state index is 11.5. The second kappa shape index (κ2) is 8.66. The minimum Gasteiger partial charge on any atom is -0.475 e. The maximum atomic E-state index is 11.5. The number of nitriles is 1. The number of rotatable bonds is 4. The number of nitrogens with zero attached hydrogens (tertiary/aromatic N) is 5. The zero-order valence-corrected chi connectivity index (χ0v) is 17.7. The first-order chi connectivity index (χ1) is 14.5. The third-order valence-corrected chi connectivity index (χ3v) is 6.55. The van der Waals surface area contributed by atoms with Crippen LogP contribution in [-0.2, 0) is 13.0 Å². The lowest BCUT2D eigenvalue weighted by atomic mass is 9.98. The van der Waals surface area contributed by atoms with Crippen LogP contribution in [0.5, 0.6) is 5.88 Å². The summed E-state index contributed by atoms with van der Waals surface area (Å²) in [6, 6.07) is 2.55. The van der Waals surface area contributed by atoms with Gasteiger partial charge in [-0.25, -0.2) is 9.78 Å². The van der Waals surface area contributed by atoms with Crippen LogP contribution in [0.15, 0.2) is 0 Å². The van der Waals surface area contributed by atoms with Crippen molar-refractivity contribution in [3.05, 3.63) is 16.8 Å². The second-order valence-corrected chi connectivity index (χ2v) is 8.46. The molecule has 9 heteroatoms. The van der Waals surface area contributed by atoms with E-state index >= 15 is 0 Å². The fourth-order valence-corrected chi connectivity index (χ4v) is 4.83. The van der Waals surface area contributed by atoms with Crippen molar-refractivity contribution in [2.75, 3.05) is 51.3 Å². The van der Waals surface area contributed by atoms with Crippen molar-refractivity contribution >= 4 is 11.8 Å². The molecule has 4 heterocycles. The molecule has 2 atom stereocenters. The fraction of sp³-hybridized carbons (Fsp3) is 0.667. The predicted octanol–water partition coefficient (Wildman–Crippen LogP) is 1.26. The van der Waals surface area contributed by atoms with Gasteiger partial charge in [-0.15, -0.1) is 0 Å². The summed E-state index contributed by atoms with van der Waals surface area (Å²) in [5.74, 6) is 0.406. The first-order valence-electron chi connectivity index (χ1n) is 10.7. The largest absolute Gasteiger partial charge is 0.475 e. The maximum Gasteiger partial charge on any atom is 0.407 e. The Labute approximate surface area is 177 Å². The molecule has 9 nitrogen and oxygen atoms in total. The summed E-state index contributed by atoms with van der Waals surface area (Å²) in [6.45, 7) is 6.51. The fourth-order valence-electron chi connectivity index (χ4n) is 4.83. The summed E-state index contributed by atoms with van der Waals surface area (Å²) < 4.78 is 6.13. The van der Waals surface area contributed by atoms with Gasteiger partial charge in [0.25, 0.3) is 0 Å². The molecule has 162 valence electrons. The van der Waals surface area contributed by atoms with Gasteiger partial charge in [0.15, 0.2) is 0 Å². The average Bonchev–Trinajstić information content (AvgIpc) is 3.15. The van der Waals surface area contributed by atoms with E-state index in [0.29, 0.717) is 50.3 Å². The molecule has 2 saturated heterocycles. The zero-order chi connectivity index (χ0) is 21.3. The smallest absolute Gasteiger partial charge is 0.407 e. The van der Waals surface area contributed by atoms with Crippen molar-refractivity contribution in [3.63, 3.8) is 0 Å². The summed E-state index contributed by atoms with van der Waals surface area (Å²) in [5.41, 5.74) is 3.38. The van der Waals surface area contributed by atoms with E-state index in [2.05, 4.69) is 28.2 Å². The Hall–Kier alpha value is -2.57. The molecule has 1 aromatic heterocycles. The molecule has 2 N–H and O–H groups in total. The Morgan fingerprint density at radius 2 is 2.23 bits per heavy atom. The van der Waals surface area contributed by atoms with E-state index in [1.807, 2.05) is 6.92 Å². The van der Waals surface area contributed by atoms with Crippen LogP contribution in [0.25, 0.3) is 0 Å². The lowest BCUT2D eigenvalue weighted by Crippen LogP contribution is -2.54. The third kappa shape index (κ3) is 3.89. The number of hydrogen-bond acceptors (Lipinski definition) is 7. The van der Waals surface area contributed by atoms with Crippen LogP contribution in [0.3, 0.4) is 0 Å². The number of carboxylic acid groups (broad SMARTS) is 1. The molecule has 1 amide bonds. The van der Waals surface area contributed by atoms with Crippen molar-refractivity contribution in [3.8, 4) is 11.9 Å². The third-order valence-electron chi connectivity index (χ3n) is 6.55. The summed E-state index contributed by atoms with van der Waals surface area (Å²) in [4.78, 5) is 22.1. The van der Waals surface area contributed by atoms with Crippen molar-refractivity contribution in [1.29, 1.82) is 5.26 Å². The average molecular weight is 415 g/mol. The molecule has 4 rings (SSSR count). The van der Waals surface area contributed by atoms with Gasteiger partial charge in [-0.05, 0) is 46.3 Å². The molecule has 1 aromatic rings. The summed E-state index contributed by atoms with van der Waals surface area (Å²) in [5, 5.41) is 22.8. The number of hydrogen-bond donors (Lipinski definition) is 2. The number of piperazine rings is 1. The van der Waals surface area contributed by atoms with Crippen molar-refractivity contribution in [2.24, 2.45) is 0 Å². The highest BCUT2D eigenvalue weighted by molar-refractivity contribution is 5.71. The second-order valence-electron chi connectivity index (χ2n) is 8.46. The molecular formula is C21H30N6O3. The highest BCUT2D eigenvalue weighted by Gasteiger charge is 2.33. The van der Waals surface area contributed by atoms with E-state index in [9.17, 15) is 15.2 Å². The van der Waals surface area contributed by atoms with Gasteiger partial charge in [-0.3, -0.25) is 0 Å². The molecular weight excluding hydrogens is 384 g/mol. The lowest BCUT2D eigenvalue weighted by Gasteiger charge is -2.41. The number of likely N-dealkylation sites (N-methyl/N-ethyl adjacent to an activating group) is 1. The normalized spacial score (nSPS) is 24.4. The number of amides is 1. The van der Waals surface area contributed by atoms with Gasteiger partial charge in [0, 0.05) is 43.8 Å². The molecule has 0 aliphatic carbocycles. The molecule has 3 aliphatic heterocycles. The summed E-state index contributed by atoms with van der Waals surface area (Å²) in [6.07, 6.45) is 2.15. The highest BCUT2D eigenvalue weighted by Crippen LogP contribution is 2.36. The number of pyridine rings is 1. The first kappa shape index (κ1) is 20.7. The molecule has 0 saturated carbocycles. The zero-order valence-electron chi connectivity index (χ0n) is 17.7. The number of aromatic nitrogens is 1.